The zero-order valence-electron chi connectivity index (χ0n) is 51.5. The minimum atomic E-state index is -4.61. The second-order valence-corrected chi connectivity index (χ2v) is 25.6. The molecule has 0 saturated heterocycles. The minimum Gasteiger partial charge on any atom is -0.756 e. The summed E-state index contributed by atoms with van der Waals surface area (Å²) in [5.41, 5.74) is 0. The SMILES string of the molecule is CCCCCCCCCC/C=C\CCCCCCCCCCCCCCCC(=O)NC(COP(=O)([O-])OCC[N+](C)(C)C)C(O)/C=C/CC/C=C/CCCCCCCCCCCCCCCCCCCCCCCCC. The zero-order valence-corrected chi connectivity index (χ0v) is 52.4. The number of aliphatic hydroxyl groups is 1. The summed E-state index contributed by atoms with van der Waals surface area (Å²) in [5, 5.41) is 13.9. The molecule has 8 nitrogen and oxygen atoms in total. The monoisotopic (exact) mass is 1090 g/mol. The number of phosphoric ester groups is 1. The molecular formula is C67H131N2O6P. The van der Waals surface area contributed by atoms with E-state index in [-0.39, 0.29) is 19.1 Å². The summed E-state index contributed by atoms with van der Waals surface area (Å²) in [6, 6.07) is -0.904. The third kappa shape index (κ3) is 60.4. The number of unbranched alkanes of at least 4 members (excludes halogenated alkanes) is 45. The Balaban J connectivity index is 4.13. The van der Waals surface area contributed by atoms with Gasteiger partial charge in [0.15, 0.2) is 0 Å². The van der Waals surface area contributed by atoms with Gasteiger partial charge in [-0.05, 0) is 57.8 Å². The van der Waals surface area contributed by atoms with Gasteiger partial charge in [0.1, 0.15) is 13.2 Å². The number of hydrogen-bond donors (Lipinski definition) is 2. The van der Waals surface area contributed by atoms with Crippen LogP contribution in [0.25, 0.3) is 0 Å². The first-order valence-corrected chi connectivity index (χ1v) is 34.8. The lowest BCUT2D eigenvalue weighted by atomic mass is 10.0. The van der Waals surface area contributed by atoms with Gasteiger partial charge in [0, 0.05) is 6.42 Å². The maximum atomic E-state index is 13.0. The average molecular weight is 1090 g/mol. The largest absolute Gasteiger partial charge is 0.756 e. The Morgan fingerprint density at radius 3 is 1.07 bits per heavy atom. The number of allylic oxidation sites excluding steroid dienone is 5. The third-order valence-electron chi connectivity index (χ3n) is 15.3. The van der Waals surface area contributed by atoms with Crippen molar-refractivity contribution < 1.29 is 32.9 Å². The lowest BCUT2D eigenvalue weighted by Gasteiger charge is -2.29. The van der Waals surface area contributed by atoms with E-state index in [4.69, 9.17) is 9.05 Å². The molecular weight excluding hydrogens is 960 g/mol. The van der Waals surface area contributed by atoms with Crippen LogP contribution in [0.3, 0.4) is 0 Å². The zero-order chi connectivity index (χ0) is 55.6. The molecule has 0 rings (SSSR count). The maximum Gasteiger partial charge on any atom is 0.268 e. The van der Waals surface area contributed by atoms with Gasteiger partial charge in [0.2, 0.25) is 5.91 Å². The molecule has 0 aliphatic heterocycles. The number of nitrogens with one attached hydrogen (secondary N) is 1. The lowest BCUT2D eigenvalue weighted by Crippen LogP contribution is -2.45. The van der Waals surface area contributed by atoms with Crippen molar-refractivity contribution in [2.45, 2.75) is 347 Å². The number of quaternary nitrogens is 1. The Morgan fingerprint density at radius 1 is 0.447 bits per heavy atom. The van der Waals surface area contributed by atoms with Crippen LogP contribution in [-0.4, -0.2) is 68.5 Å². The summed E-state index contributed by atoms with van der Waals surface area (Å²) in [7, 11) is 1.26. The molecule has 0 bridgehead atoms. The van der Waals surface area contributed by atoms with Crippen molar-refractivity contribution in [3.05, 3.63) is 36.5 Å². The Labute approximate surface area is 474 Å². The number of likely N-dealkylation sites (N-methyl/N-ethyl adjacent to an activating group) is 1. The fourth-order valence-electron chi connectivity index (χ4n) is 10.1. The van der Waals surface area contributed by atoms with Gasteiger partial charge in [-0.1, -0.05) is 307 Å². The van der Waals surface area contributed by atoms with E-state index in [0.717, 1.165) is 38.5 Å². The molecule has 0 saturated carbocycles. The molecule has 450 valence electrons. The number of aliphatic hydroxyl groups excluding tert-OH is 1. The molecule has 76 heavy (non-hydrogen) atoms. The van der Waals surface area contributed by atoms with E-state index in [0.29, 0.717) is 17.4 Å². The third-order valence-corrected chi connectivity index (χ3v) is 16.3. The van der Waals surface area contributed by atoms with E-state index in [9.17, 15) is 19.4 Å². The minimum absolute atomic E-state index is 0.00512. The van der Waals surface area contributed by atoms with Crippen LogP contribution in [-0.2, 0) is 18.4 Å². The fourth-order valence-corrected chi connectivity index (χ4v) is 10.8. The molecule has 3 unspecified atom stereocenters. The van der Waals surface area contributed by atoms with Crippen LogP contribution >= 0.6 is 7.82 Å². The van der Waals surface area contributed by atoms with Crippen LogP contribution in [0.5, 0.6) is 0 Å². The highest BCUT2D eigenvalue weighted by molar-refractivity contribution is 7.45. The van der Waals surface area contributed by atoms with Crippen LogP contribution in [0.2, 0.25) is 0 Å². The number of rotatable bonds is 62. The van der Waals surface area contributed by atoms with Crippen molar-refractivity contribution in [3.8, 4) is 0 Å². The van der Waals surface area contributed by atoms with Crippen LogP contribution in [0, 0.1) is 0 Å². The molecule has 0 heterocycles. The van der Waals surface area contributed by atoms with Crippen molar-refractivity contribution in [2.24, 2.45) is 0 Å². The molecule has 0 radical (unpaired) electrons. The highest BCUT2D eigenvalue weighted by Gasteiger charge is 2.23. The number of amides is 1. The molecule has 1 amide bonds. The number of nitrogens with zero attached hydrogens (tertiary/aromatic N) is 1. The standard InChI is InChI=1S/C67H131N2O6P/c1-6-8-10-12-14-16-18-20-22-24-26-28-30-32-33-34-35-37-38-40-42-44-46-48-50-52-54-56-58-60-66(70)65(64-75-76(72,73)74-63-62-69(3,4)5)68-67(71)61-59-57-55-53-51-49-47-45-43-41-39-36-31-29-27-25-23-21-19-17-15-13-11-9-7-2/h25,27,50,52,58,60,65-66,70H,6-24,26,28-49,51,53-57,59,61-64H2,1-5H3,(H-,68,71,72,73)/b27-25-,52-50+,60-58+. The number of hydrogen-bond acceptors (Lipinski definition) is 6. The smallest absolute Gasteiger partial charge is 0.268 e. The summed E-state index contributed by atoms with van der Waals surface area (Å²) in [5.74, 6) is -0.202. The van der Waals surface area contributed by atoms with Gasteiger partial charge in [0.25, 0.3) is 7.82 Å². The van der Waals surface area contributed by atoms with E-state index in [2.05, 4.69) is 43.5 Å². The first kappa shape index (κ1) is 74.7. The van der Waals surface area contributed by atoms with Crippen molar-refractivity contribution >= 4 is 13.7 Å². The van der Waals surface area contributed by atoms with Gasteiger partial charge >= 0.3 is 0 Å². The molecule has 3 atom stereocenters. The Hall–Kier alpha value is -1.28. The Morgan fingerprint density at radius 2 is 0.737 bits per heavy atom. The Bertz CT molecular complexity index is 1330. The normalized spacial score (nSPS) is 13.9. The number of carbonyl (C=O) groups excluding carboxylic acids is 1. The summed E-state index contributed by atoms with van der Waals surface area (Å²) < 4.78 is 23.4. The second-order valence-electron chi connectivity index (χ2n) is 24.2. The van der Waals surface area contributed by atoms with Crippen LogP contribution in [0.15, 0.2) is 36.5 Å². The summed E-state index contributed by atoms with van der Waals surface area (Å²) in [6.45, 7) is 4.68. The number of phosphoric acid groups is 1. The molecule has 0 fully saturated rings. The molecule has 0 aromatic rings. The van der Waals surface area contributed by atoms with Gasteiger partial charge in [-0.3, -0.25) is 9.36 Å². The topological polar surface area (TPSA) is 108 Å². The molecule has 0 aromatic heterocycles. The van der Waals surface area contributed by atoms with Crippen LogP contribution in [0.1, 0.15) is 335 Å². The Kier molecular flexibility index (Phi) is 57.4. The van der Waals surface area contributed by atoms with Crippen molar-refractivity contribution in [3.63, 3.8) is 0 Å². The predicted octanol–water partition coefficient (Wildman–Crippen LogP) is 20.3. The lowest BCUT2D eigenvalue weighted by molar-refractivity contribution is -0.870. The second kappa shape index (κ2) is 58.4. The number of carbonyl (C=O) groups is 1. The fraction of sp³-hybridized carbons (Fsp3) is 0.896. The van der Waals surface area contributed by atoms with Crippen molar-refractivity contribution in [1.29, 1.82) is 0 Å². The first-order chi connectivity index (χ1) is 37.0. The van der Waals surface area contributed by atoms with E-state index >= 15 is 0 Å². The highest BCUT2D eigenvalue weighted by atomic mass is 31.2. The van der Waals surface area contributed by atoms with Gasteiger partial charge in [-0.15, -0.1) is 0 Å². The van der Waals surface area contributed by atoms with E-state index in [1.165, 1.54) is 276 Å². The molecule has 2 N–H and O–H groups in total. The van der Waals surface area contributed by atoms with Crippen LogP contribution < -0.4 is 10.2 Å². The average Bonchev–Trinajstić information content (AvgIpc) is 3.38. The molecule has 0 aliphatic rings. The van der Waals surface area contributed by atoms with Crippen molar-refractivity contribution in [1.82, 2.24) is 5.32 Å². The maximum absolute atomic E-state index is 13.0. The summed E-state index contributed by atoms with van der Waals surface area (Å²) >= 11 is 0. The van der Waals surface area contributed by atoms with Gasteiger partial charge < -0.3 is 28.8 Å². The highest BCUT2D eigenvalue weighted by Crippen LogP contribution is 2.38. The van der Waals surface area contributed by atoms with Gasteiger partial charge in [-0.25, -0.2) is 0 Å². The molecule has 0 spiro atoms. The van der Waals surface area contributed by atoms with Crippen molar-refractivity contribution in [2.75, 3.05) is 40.9 Å². The quantitative estimate of drug-likeness (QED) is 0.0272. The van der Waals surface area contributed by atoms with E-state index in [1.54, 1.807) is 6.08 Å². The summed E-state index contributed by atoms with van der Waals surface area (Å²) in [4.78, 5) is 25.6. The van der Waals surface area contributed by atoms with E-state index < -0.39 is 20.0 Å². The first-order valence-electron chi connectivity index (χ1n) is 33.4. The molecule has 0 aliphatic carbocycles. The van der Waals surface area contributed by atoms with Crippen LogP contribution in [0.4, 0.5) is 0 Å². The molecule has 9 heteroatoms. The summed E-state index contributed by atoms with van der Waals surface area (Å²) in [6.07, 6.45) is 76.9. The van der Waals surface area contributed by atoms with Gasteiger partial charge in [0.05, 0.1) is 39.9 Å². The van der Waals surface area contributed by atoms with Gasteiger partial charge in [-0.2, -0.15) is 0 Å². The molecule has 0 aromatic carbocycles. The predicted molar refractivity (Wildman–Crippen MR) is 330 cm³/mol. The van der Waals surface area contributed by atoms with E-state index in [1.807, 2.05) is 27.2 Å².